The summed E-state index contributed by atoms with van der Waals surface area (Å²) >= 11 is 0. The fourth-order valence-corrected chi connectivity index (χ4v) is 3.43. The van der Waals surface area contributed by atoms with E-state index < -0.39 is 17.6 Å². The first kappa shape index (κ1) is 21.6. The molecule has 0 unspecified atom stereocenters. The molecule has 0 radical (unpaired) electrons. The van der Waals surface area contributed by atoms with Gasteiger partial charge in [-0.2, -0.15) is 18.2 Å². The minimum absolute atomic E-state index is 0.0692. The smallest absolute Gasteiger partial charge is 0.416 e. The third-order valence-corrected chi connectivity index (χ3v) is 5.05. The Morgan fingerprint density at radius 1 is 1.16 bits per heavy atom. The molecular weight excluding hydrogens is 427 g/mol. The average Bonchev–Trinajstić information content (AvgIpc) is 3.32. The molecule has 1 aromatic carbocycles. The van der Waals surface area contributed by atoms with Gasteiger partial charge in [0.05, 0.1) is 25.0 Å². The number of nitrogens with zero attached hydrogens (tertiary/aromatic N) is 4. The lowest BCUT2D eigenvalue weighted by Gasteiger charge is -2.29. The highest BCUT2D eigenvalue weighted by molar-refractivity contribution is 6.05. The number of benzene rings is 1. The van der Waals surface area contributed by atoms with Crippen molar-refractivity contribution in [2.45, 2.75) is 6.18 Å². The maximum Gasteiger partial charge on any atom is 0.416 e. The van der Waals surface area contributed by atoms with Crippen molar-refractivity contribution in [3.05, 3.63) is 53.8 Å². The van der Waals surface area contributed by atoms with Crippen molar-refractivity contribution >= 4 is 23.4 Å². The molecule has 1 aliphatic rings. The molecule has 8 nitrogen and oxygen atoms in total. The molecule has 0 aliphatic carbocycles. The number of carbonyl (C=O) groups is 1. The fraction of sp³-hybridized carbons (Fsp3) is 0.286. The van der Waals surface area contributed by atoms with Crippen LogP contribution in [0.2, 0.25) is 0 Å². The number of hydrogen-bond donors (Lipinski definition) is 1. The zero-order valence-electron chi connectivity index (χ0n) is 17.1. The Bertz CT molecular complexity index is 1110. The topological polar surface area (TPSA) is 97.7 Å². The third-order valence-electron chi connectivity index (χ3n) is 5.05. The molecule has 1 amide bonds. The molecule has 4 rings (SSSR count). The van der Waals surface area contributed by atoms with Gasteiger partial charge in [0.15, 0.2) is 11.6 Å². The molecule has 32 heavy (non-hydrogen) atoms. The SMILES string of the molecule is CN(c1cccc(C(F)(F)F)c1)c1nc(N)nc(-c2ccco2)c1C(=O)N1CCOCC1. The highest BCUT2D eigenvalue weighted by Crippen LogP contribution is 2.36. The molecule has 3 aromatic rings. The van der Waals surface area contributed by atoms with Gasteiger partial charge >= 0.3 is 6.18 Å². The Balaban J connectivity index is 1.87. The summed E-state index contributed by atoms with van der Waals surface area (Å²) in [7, 11) is 1.51. The van der Waals surface area contributed by atoms with E-state index in [1.807, 2.05) is 0 Å². The molecule has 11 heteroatoms. The summed E-state index contributed by atoms with van der Waals surface area (Å²) in [5.74, 6) is -0.189. The van der Waals surface area contributed by atoms with Crippen molar-refractivity contribution in [1.29, 1.82) is 0 Å². The number of hydrogen-bond acceptors (Lipinski definition) is 7. The molecule has 2 N–H and O–H groups in total. The zero-order valence-corrected chi connectivity index (χ0v) is 17.1. The lowest BCUT2D eigenvalue weighted by molar-refractivity contribution is -0.137. The van der Waals surface area contributed by atoms with Gasteiger partial charge in [-0.15, -0.1) is 0 Å². The zero-order chi connectivity index (χ0) is 22.9. The highest BCUT2D eigenvalue weighted by atomic mass is 19.4. The molecule has 0 spiro atoms. The van der Waals surface area contributed by atoms with Gasteiger partial charge in [0.25, 0.3) is 5.91 Å². The van der Waals surface area contributed by atoms with Crippen molar-refractivity contribution in [2.24, 2.45) is 0 Å². The number of ether oxygens (including phenoxy) is 1. The Morgan fingerprint density at radius 2 is 1.91 bits per heavy atom. The molecule has 3 heterocycles. The average molecular weight is 447 g/mol. The van der Waals surface area contributed by atoms with Gasteiger partial charge in [-0.1, -0.05) is 6.07 Å². The lowest BCUT2D eigenvalue weighted by atomic mass is 10.1. The second-order valence-corrected chi connectivity index (χ2v) is 7.12. The van der Waals surface area contributed by atoms with Crippen molar-refractivity contribution in [2.75, 3.05) is 44.0 Å². The van der Waals surface area contributed by atoms with Crippen molar-refractivity contribution in [1.82, 2.24) is 14.9 Å². The molecule has 168 valence electrons. The van der Waals surface area contributed by atoms with E-state index in [1.165, 1.54) is 30.3 Å². The van der Waals surface area contributed by atoms with Crippen LogP contribution >= 0.6 is 0 Å². The molecule has 0 bridgehead atoms. The van der Waals surface area contributed by atoms with Crippen molar-refractivity contribution in [3.8, 4) is 11.5 Å². The Kier molecular flexibility index (Phi) is 5.74. The molecule has 1 saturated heterocycles. The van der Waals surface area contributed by atoms with Gasteiger partial charge in [-0.3, -0.25) is 4.79 Å². The number of alkyl halides is 3. The molecular formula is C21H20F3N5O3. The van der Waals surface area contributed by atoms with Gasteiger partial charge in [-0.05, 0) is 30.3 Å². The van der Waals surface area contributed by atoms with Gasteiger partial charge in [0.2, 0.25) is 5.95 Å². The molecule has 0 atom stereocenters. The van der Waals surface area contributed by atoms with Crippen molar-refractivity contribution in [3.63, 3.8) is 0 Å². The van der Waals surface area contributed by atoms with Crippen molar-refractivity contribution < 1.29 is 27.1 Å². The minimum atomic E-state index is -4.52. The summed E-state index contributed by atoms with van der Waals surface area (Å²) < 4.78 is 50.5. The number of furan rings is 1. The first-order valence-corrected chi connectivity index (χ1v) is 9.75. The highest BCUT2D eigenvalue weighted by Gasteiger charge is 2.33. The van der Waals surface area contributed by atoms with E-state index in [4.69, 9.17) is 14.9 Å². The summed E-state index contributed by atoms with van der Waals surface area (Å²) in [6.45, 7) is 1.45. The standard InChI is InChI=1S/C21H20F3N5O3/c1-28(14-5-2-4-13(12-14)21(22,23)24)18-16(19(30)29-7-10-31-11-8-29)17(26-20(25)27-18)15-6-3-9-32-15/h2-6,9,12H,7-8,10-11H2,1H3,(H2,25,26,27). The number of rotatable bonds is 4. The normalized spacial score (nSPS) is 14.4. The predicted molar refractivity (Wildman–Crippen MR) is 110 cm³/mol. The van der Waals surface area contributed by atoms with E-state index in [-0.39, 0.29) is 34.5 Å². The van der Waals surface area contributed by atoms with E-state index in [0.29, 0.717) is 26.3 Å². The maximum atomic E-state index is 13.5. The van der Waals surface area contributed by atoms with Crippen LogP contribution in [0.3, 0.4) is 0 Å². The first-order valence-electron chi connectivity index (χ1n) is 9.75. The van der Waals surface area contributed by atoms with Crippen LogP contribution < -0.4 is 10.6 Å². The largest absolute Gasteiger partial charge is 0.463 e. The quantitative estimate of drug-likeness (QED) is 0.653. The van der Waals surface area contributed by atoms with Crippen LogP contribution in [0.4, 0.5) is 30.6 Å². The minimum Gasteiger partial charge on any atom is -0.463 e. The number of morpholine rings is 1. The second kappa shape index (κ2) is 8.50. The van der Waals surface area contributed by atoms with Crippen LogP contribution in [0.25, 0.3) is 11.5 Å². The van der Waals surface area contributed by atoms with Crippen LogP contribution in [0.1, 0.15) is 15.9 Å². The van der Waals surface area contributed by atoms with E-state index in [0.717, 1.165) is 12.1 Å². The van der Waals surface area contributed by atoms with Crippen LogP contribution in [-0.4, -0.2) is 54.1 Å². The number of aromatic nitrogens is 2. The van der Waals surface area contributed by atoms with Gasteiger partial charge in [0.1, 0.15) is 11.3 Å². The van der Waals surface area contributed by atoms with Gasteiger partial charge in [-0.25, -0.2) is 4.98 Å². The molecule has 2 aromatic heterocycles. The molecule has 0 saturated carbocycles. The Hall–Kier alpha value is -3.60. The van der Waals surface area contributed by atoms with E-state index in [9.17, 15) is 18.0 Å². The van der Waals surface area contributed by atoms with Crippen LogP contribution in [0.15, 0.2) is 47.1 Å². The fourth-order valence-electron chi connectivity index (χ4n) is 3.43. The number of nitrogens with two attached hydrogens (primary N) is 1. The predicted octanol–water partition coefficient (Wildman–Crippen LogP) is 3.58. The number of halogens is 3. The second-order valence-electron chi connectivity index (χ2n) is 7.12. The monoisotopic (exact) mass is 447 g/mol. The van der Waals surface area contributed by atoms with Gasteiger partial charge in [0, 0.05) is 25.8 Å². The Morgan fingerprint density at radius 3 is 2.56 bits per heavy atom. The number of anilines is 3. The number of carbonyl (C=O) groups excluding carboxylic acids is 1. The van der Waals surface area contributed by atoms with E-state index in [2.05, 4.69) is 9.97 Å². The molecule has 1 aliphatic heterocycles. The molecule has 1 fully saturated rings. The van der Waals surface area contributed by atoms with Crippen LogP contribution in [-0.2, 0) is 10.9 Å². The Labute approximate surface area is 181 Å². The maximum absolute atomic E-state index is 13.5. The van der Waals surface area contributed by atoms with Gasteiger partial charge < -0.3 is 24.7 Å². The van der Waals surface area contributed by atoms with E-state index in [1.54, 1.807) is 17.0 Å². The van der Waals surface area contributed by atoms with Crippen LogP contribution in [0, 0.1) is 0 Å². The summed E-state index contributed by atoms with van der Waals surface area (Å²) in [6.07, 6.45) is -3.10. The third kappa shape index (κ3) is 4.24. The van der Waals surface area contributed by atoms with Crippen LogP contribution in [0.5, 0.6) is 0 Å². The number of nitrogen functional groups attached to an aromatic ring is 1. The first-order chi connectivity index (χ1) is 15.3. The number of amides is 1. The summed E-state index contributed by atoms with van der Waals surface area (Å²) in [6, 6.07) is 7.98. The summed E-state index contributed by atoms with van der Waals surface area (Å²) in [5, 5.41) is 0. The lowest BCUT2D eigenvalue weighted by Crippen LogP contribution is -2.41. The summed E-state index contributed by atoms with van der Waals surface area (Å²) in [4.78, 5) is 24.9. The van der Waals surface area contributed by atoms with E-state index >= 15 is 0 Å². The summed E-state index contributed by atoms with van der Waals surface area (Å²) in [5.41, 5.74) is 5.51.